The molecule has 2 saturated heterocycles. The molecule has 1 N–H and O–H groups in total. The molecule has 2 aromatic heterocycles. The summed E-state index contributed by atoms with van der Waals surface area (Å²) in [5.41, 5.74) is 0. The number of amides is 1. The molecule has 2 fully saturated rings. The van der Waals surface area contributed by atoms with Crippen LogP contribution in [0.4, 0.5) is 0 Å². The summed E-state index contributed by atoms with van der Waals surface area (Å²) in [6, 6.07) is 3.55. The van der Waals surface area contributed by atoms with Crippen LogP contribution in [0.25, 0.3) is 0 Å². The largest absolute Gasteiger partial charge is 0.456 e. The normalized spacial score (nSPS) is 27.2. The number of nitrogens with zero attached hydrogens (tertiary/aromatic N) is 3. The van der Waals surface area contributed by atoms with Gasteiger partial charge in [-0.1, -0.05) is 0 Å². The number of H-pyrrole nitrogens is 1. The summed E-state index contributed by atoms with van der Waals surface area (Å²) in [5, 5.41) is 7.06. The number of fused-ring (bicyclic) bond motifs is 1. The molecule has 122 valence electrons. The van der Waals surface area contributed by atoms with Crippen LogP contribution in [0.15, 0.2) is 16.5 Å². The number of aromatic amines is 1. The van der Waals surface area contributed by atoms with Gasteiger partial charge in [0.15, 0.2) is 11.6 Å². The van der Waals surface area contributed by atoms with Gasteiger partial charge in [0.2, 0.25) is 0 Å². The molecule has 23 heavy (non-hydrogen) atoms. The highest BCUT2D eigenvalue weighted by molar-refractivity contribution is 5.91. The van der Waals surface area contributed by atoms with Crippen LogP contribution in [-0.2, 0) is 4.74 Å². The second-order valence-electron chi connectivity index (χ2n) is 6.39. The van der Waals surface area contributed by atoms with Gasteiger partial charge in [0.05, 0.1) is 6.10 Å². The number of aromatic nitrogens is 3. The van der Waals surface area contributed by atoms with Gasteiger partial charge in [-0.25, -0.2) is 4.98 Å². The van der Waals surface area contributed by atoms with Crippen LogP contribution in [0.1, 0.15) is 46.9 Å². The number of aryl methyl sites for hydroxylation is 2. The van der Waals surface area contributed by atoms with Gasteiger partial charge in [-0.05, 0) is 44.7 Å². The van der Waals surface area contributed by atoms with Crippen molar-refractivity contribution in [1.29, 1.82) is 0 Å². The molecule has 2 aromatic rings. The van der Waals surface area contributed by atoms with Crippen molar-refractivity contribution >= 4 is 5.91 Å². The Hall–Kier alpha value is -2.15. The van der Waals surface area contributed by atoms with Gasteiger partial charge in [0.1, 0.15) is 17.7 Å². The van der Waals surface area contributed by atoms with Crippen molar-refractivity contribution in [2.45, 2.75) is 38.9 Å². The molecule has 2 aliphatic heterocycles. The molecule has 0 aliphatic carbocycles. The molecule has 1 amide bonds. The van der Waals surface area contributed by atoms with Gasteiger partial charge in [-0.15, -0.1) is 0 Å². The summed E-state index contributed by atoms with van der Waals surface area (Å²) in [6.07, 6.45) is 1.84. The molecule has 0 aromatic carbocycles. The molecular weight excluding hydrogens is 296 g/mol. The molecule has 0 spiro atoms. The van der Waals surface area contributed by atoms with Crippen LogP contribution in [-0.4, -0.2) is 45.2 Å². The highest BCUT2D eigenvalue weighted by atomic mass is 16.5. The number of piperidine rings is 1. The van der Waals surface area contributed by atoms with E-state index in [0.29, 0.717) is 18.2 Å². The number of ether oxygens (including phenoxy) is 1. The van der Waals surface area contributed by atoms with E-state index >= 15 is 0 Å². The Kier molecular flexibility index (Phi) is 3.45. The van der Waals surface area contributed by atoms with Gasteiger partial charge in [-0.3, -0.25) is 9.89 Å². The Balaban J connectivity index is 1.44. The third kappa shape index (κ3) is 2.65. The van der Waals surface area contributed by atoms with Crippen LogP contribution in [0.3, 0.4) is 0 Å². The van der Waals surface area contributed by atoms with Crippen molar-refractivity contribution in [2.24, 2.45) is 5.92 Å². The average molecular weight is 316 g/mol. The summed E-state index contributed by atoms with van der Waals surface area (Å²) in [6.45, 7) is 5.06. The van der Waals surface area contributed by atoms with Crippen molar-refractivity contribution in [2.75, 3.05) is 13.1 Å². The SMILES string of the molecule is Cc1nc([C@H]2C[C@@H]3CCN(C(=O)c4ccc(C)o4)C[C@H]3O2)n[nH]1. The summed E-state index contributed by atoms with van der Waals surface area (Å²) < 4.78 is 11.6. The fourth-order valence-electron chi connectivity index (χ4n) is 3.49. The second kappa shape index (κ2) is 5.49. The number of hydrogen-bond donors (Lipinski definition) is 1. The smallest absolute Gasteiger partial charge is 0.289 e. The first-order valence-corrected chi connectivity index (χ1v) is 8.00. The van der Waals surface area contributed by atoms with E-state index in [4.69, 9.17) is 9.15 Å². The fraction of sp³-hybridized carbons (Fsp3) is 0.562. The number of likely N-dealkylation sites (tertiary alicyclic amines) is 1. The molecule has 0 saturated carbocycles. The zero-order valence-electron chi connectivity index (χ0n) is 13.3. The van der Waals surface area contributed by atoms with E-state index < -0.39 is 0 Å². The molecule has 7 nitrogen and oxygen atoms in total. The van der Waals surface area contributed by atoms with E-state index in [1.54, 1.807) is 6.07 Å². The molecule has 4 heterocycles. The van der Waals surface area contributed by atoms with Crippen LogP contribution in [0.2, 0.25) is 0 Å². The first kappa shape index (κ1) is 14.4. The van der Waals surface area contributed by atoms with Crippen molar-refractivity contribution in [3.63, 3.8) is 0 Å². The topological polar surface area (TPSA) is 84.2 Å². The Morgan fingerprint density at radius 3 is 2.96 bits per heavy atom. The summed E-state index contributed by atoms with van der Waals surface area (Å²) in [7, 11) is 0. The van der Waals surface area contributed by atoms with Gasteiger partial charge in [0.25, 0.3) is 5.91 Å². The molecule has 4 rings (SSSR count). The maximum Gasteiger partial charge on any atom is 0.289 e. The Morgan fingerprint density at radius 1 is 1.39 bits per heavy atom. The number of furan rings is 1. The van der Waals surface area contributed by atoms with Crippen molar-refractivity contribution in [1.82, 2.24) is 20.1 Å². The average Bonchev–Trinajstić information content (AvgIpc) is 3.24. The molecule has 0 unspecified atom stereocenters. The Morgan fingerprint density at radius 2 is 2.26 bits per heavy atom. The van der Waals surface area contributed by atoms with Crippen LogP contribution >= 0.6 is 0 Å². The minimum atomic E-state index is -0.0733. The van der Waals surface area contributed by atoms with Gasteiger partial charge in [0, 0.05) is 13.1 Å². The number of rotatable bonds is 2. The molecular formula is C16H20N4O3. The highest BCUT2D eigenvalue weighted by Gasteiger charge is 2.42. The highest BCUT2D eigenvalue weighted by Crippen LogP contribution is 2.40. The number of carbonyl (C=O) groups excluding carboxylic acids is 1. The van der Waals surface area contributed by atoms with E-state index in [-0.39, 0.29) is 18.1 Å². The third-order valence-corrected chi connectivity index (χ3v) is 4.69. The summed E-state index contributed by atoms with van der Waals surface area (Å²) in [5.74, 6) is 3.07. The van der Waals surface area contributed by atoms with E-state index in [9.17, 15) is 4.79 Å². The maximum absolute atomic E-state index is 12.5. The predicted octanol–water partition coefficient (Wildman–Crippen LogP) is 2.01. The lowest BCUT2D eigenvalue weighted by Crippen LogP contribution is -2.45. The molecule has 3 atom stereocenters. The standard InChI is InChI=1S/C16H20N4O3/c1-9-3-4-12(22-9)16(21)20-6-5-11-7-13(23-14(11)8-20)15-17-10(2)18-19-15/h3-4,11,13-14H,5-8H2,1-2H3,(H,17,18,19)/t11-,13+,14+/m0/s1. The predicted molar refractivity (Wildman–Crippen MR) is 80.8 cm³/mol. The maximum atomic E-state index is 12.5. The summed E-state index contributed by atoms with van der Waals surface area (Å²) >= 11 is 0. The van der Waals surface area contributed by atoms with E-state index in [1.165, 1.54) is 0 Å². The molecule has 0 radical (unpaired) electrons. The van der Waals surface area contributed by atoms with Crippen molar-refractivity contribution in [3.05, 3.63) is 35.3 Å². The third-order valence-electron chi connectivity index (χ3n) is 4.69. The second-order valence-corrected chi connectivity index (χ2v) is 6.39. The Labute approximate surface area is 134 Å². The minimum Gasteiger partial charge on any atom is -0.456 e. The quantitative estimate of drug-likeness (QED) is 0.916. The first-order valence-electron chi connectivity index (χ1n) is 8.00. The monoisotopic (exact) mass is 316 g/mol. The Bertz CT molecular complexity index is 722. The lowest BCUT2D eigenvalue weighted by Gasteiger charge is -2.33. The van der Waals surface area contributed by atoms with Crippen molar-refractivity contribution in [3.8, 4) is 0 Å². The molecule has 0 bridgehead atoms. The zero-order valence-corrected chi connectivity index (χ0v) is 13.3. The van der Waals surface area contributed by atoms with Crippen LogP contribution < -0.4 is 0 Å². The zero-order chi connectivity index (χ0) is 16.0. The van der Waals surface area contributed by atoms with Gasteiger partial charge >= 0.3 is 0 Å². The van der Waals surface area contributed by atoms with E-state index in [0.717, 1.165) is 36.8 Å². The lowest BCUT2D eigenvalue weighted by atomic mass is 9.91. The first-order chi connectivity index (χ1) is 11.1. The number of nitrogens with one attached hydrogen (secondary N) is 1. The number of hydrogen-bond acceptors (Lipinski definition) is 5. The molecule has 2 aliphatic rings. The summed E-state index contributed by atoms with van der Waals surface area (Å²) in [4.78, 5) is 18.7. The number of carbonyl (C=O) groups is 1. The fourth-order valence-corrected chi connectivity index (χ4v) is 3.49. The van der Waals surface area contributed by atoms with Crippen LogP contribution in [0, 0.1) is 19.8 Å². The minimum absolute atomic E-state index is 0.0487. The van der Waals surface area contributed by atoms with Crippen LogP contribution in [0.5, 0.6) is 0 Å². The van der Waals surface area contributed by atoms with E-state index in [1.807, 2.05) is 24.8 Å². The van der Waals surface area contributed by atoms with Crippen molar-refractivity contribution < 1.29 is 13.9 Å². The lowest BCUT2D eigenvalue weighted by molar-refractivity contribution is -0.00762. The van der Waals surface area contributed by atoms with Gasteiger partial charge in [-0.2, -0.15) is 5.10 Å². The molecule has 7 heteroatoms. The van der Waals surface area contributed by atoms with E-state index in [2.05, 4.69) is 15.2 Å². The van der Waals surface area contributed by atoms with Gasteiger partial charge < -0.3 is 14.1 Å².